The van der Waals surface area contributed by atoms with Crippen molar-refractivity contribution in [1.82, 2.24) is 9.66 Å². The van der Waals surface area contributed by atoms with Crippen LogP contribution in [0.3, 0.4) is 0 Å². The number of thiocyanates is 1. The highest BCUT2D eigenvalue weighted by atomic mass is 32.2. The monoisotopic (exact) mass is 234 g/mol. The van der Waals surface area contributed by atoms with Gasteiger partial charge in [0.15, 0.2) is 0 Å². The quantitative estimate of drug-likeness (QED) is 0.611. The number of nitriles is 1. The molecule has 0 saturated carbocycles. The van der Waals surface area contributed by atoms with Crippen molar-refractivity contribution in [3.8, 4) is 5.40 Å². The molecule has 0 bridgehead atoms. The van der Waals surface area contributed by atoms with E-state index in [1.807, 2.05) is 5.40 Å². The first-order valence-electron chi connectivity index (χ1n) is 4.23. The molecule has 0 spiro atoms. The summed E-state index contributed by atoms with van der Waals surface area (Å²) in [5.41, 5.74) is 3.45. The maximum absolute atomic E-state index is 10.5. The number of hydrogen-bond donors (Lipinski definition) is 2. The number of thioether (sulfide) groups is 1. The third kappa shape index (κ3) is 1.92. The average molecular weight is 234 g/mol. The Kier molecular flexibility index (Phi) is 2.66. The lowest BCUT2D eigenvalue weighted by Gasteiger charge is -2.02. The molecule has 2 aromatic rings. The first kappa shape index (κ1) is 10.3. The average Bonchev–Trinajstić information content (AvgIpc) is 2.61. The normalized spacial score (nSPS) is 9.94. The minimum atomic E-state index is -1.16. The van der Waals surface area contributed by atoms with E-state index in [-0.39, 0.29) is 0 Å². The van der Waals surface area contributed by atoms with E-state index in [2.05, 4.69) is 10.4 Å². The van der Waals surface area contributed by atoms with Crippen LogP contribution in [0.15, 0.2) is 29.4 Å². The van der Waals surface area contributed by atoms with Crippen LogP contribution in [-0.4, -0.2) is 20.9 Å². The van der Waals surface area contributed by atoms with Gasteiger partial charge in [0, 0.05) is 4.90 Å². The number of hydrogen-bond acceptors (Lipinski definition) is 4. The summed E-state index contributed by atoms with van der Waals surface area (Å²) < 4.78 is 1.30. The maximum Gasteiger partial charge on any atom is 0.424 e. The summed E-state index contributed by atoms with van der Waals surface area (Å²) in [5.74, 6) is 0. The minimum absolute atomic E-state index is 0.633. The first-order chi connectivity index (χ1) is 7.70. The fourth-order valence-corrected chi connectivity index (χ4v) is 1.71. The van der Waals surface area contributed by atoms with E-state index in [0.717, 1.165) is 16.7 Å². The molecule has 0 aliphatic heterocycles. The Balaban J connectivity index is 2.43. The Labute approximate surface area is 94.5 Å². The fourth-order valence-electron chi connectivity index (χ4n) is 1.30. The highest BCUT2D eigenvalue weighted by Gasteiger charge is 2.05. The summed E-state index contributed by atoms with van der Waals surface area (Å²) in [7, 11) is 0. The number of nitrogens with zero attached hydrogens (tertiary/aromatic N) is 3. The van der Waals surface area contributed by atoms with Crippen molar-refractivity contribution < 1.29 is 9.90 Å². The molecule has 0 unspecified atom stereocenters. The van der Waals surface area contributed by atoms with Crippen LogP contribution >= 0.6 is 11.8 Å². The van der Waals surface area contributed by atoms with Gasteiger partial charge in [0.05, 0.1) is 11.0 Å². The Morgan fingerprint density at radius 3 is 3.12 bits per heavy atom. The number of amides is 1. The van der Waals surface area contributed by atoms with Gasteiger partial charge in [-0.3, -0.25) is 0 Å². The number of benzene rings is 1. The number of imidazole rings is 1. The number of fused-ring (bicyclic) bond motifs is 1. The lowest BCUT2D eigenvalue weighted by atomic mass is 10.3. The molecule has 1 amide bonds. The number of rotatable bonds is 2. The summed E-state index contributed by atoms with van der Waals surface area (Å²) in [6.45, 7) is 0. The van der Waals surface area contributed by atoms with Crippen LogP contribution in [0.25, 0.3) is 11.0 Å². The predicted octanol–water partition coefficient (Wildman–Crippen LogP) is 1.83. The summed E-state index contributed by atoms with van der Waals surface area (Å²) in [6.07, 6.45) is 0.217. The third-order valence-electron chi connectivity index (χ3n) is 1.90. The van der Waals surface area contributed by atoms with Crippen molar-refractivity contribution in [2.75, 3.05) is 5.43 Å². The van der Waals surface area contributed by atoms with Crippen molar-refractivity contribution in [3.63, 3.8) is 0 Å². The Bertz CT molecular complexity index is 587. The van der Waals surface area contributed by atoms with Crippen molar-refractivity contribution in [2.45, 2.75) is 4.90 Å². The Hall–Kier alpha value is -2.20. The fraction of sp³-hybridized carbons (Fsp3) is 0. The van der Waals surface area contributed by atoms with Gasteiger partial charge in [0.1, 0.15) is 11.7 Å². The van der Waals surface area contributed by atoms with Gasteiger partial charge in [-0.05, 0) is 30.0 Å². The molecule has 0 radical (unpaired) electrons. The van der Waals surface area contributed by atoms with E-state index in [4.69, 9.17) is 10.4 Å². The van der Waals surface area contributed by atoms with Gasteiger partial charge < -0.3 is 5.11 Å². The molecule has 2 rings (SSSR count). The minimum Gasteiger partial charge on any atom is -0.464 e. The van der Waals surface area contributed by atoms with Gasteiger partial charge in [0.2, 0.25) is 0 Å². The molecule has 0 fully saturated rings. The molecule has 16 heavy (non-hydrogen) atoms. The van der Waals surface area contributed by atoms with E-state index in [1.165, 1.54) is 11.0 Å². The molecular weight excluding hydrogens is 228 g/mol. The zero-order valence-electron chi connectivity index (χ0n) is 7.91. The lowest BCUT2D eigenvalue weighted by molar-refractivity contribution is 0.206. The molecule has 6 nitrogen and oxygen atoms in total. The predicted molar refractivity (Wildman–Crippen MR) is 58.6 cm³/mol. The van der Waals surface area contributed by atoms with E-state index in [0.29, 0.717) is 11.0 Å². The second-order valence-corrected chi connectivity index (χ2v) is 3.73. The molecule has 0 aliphatic carbocycles. The number of carboxylic acid groups (broad SMARTS) is 1. The Morgan fingerprint density at radius 2 is 2.44 bits per heavy atom. The molecule has 0 aliphatic rings. The van der Waals surface area contributed by atoms with Crippen LogP contribution in [0.1, 0.15) is 0 Å². The highest BCUT2D eigenvalue weighted by molar-refractivity contribution is 8.03. The van der Waals surface area contributed by atoms with Crippen molar-refractivity contribution in [3.05, 3.63) is 24.5 Å². The SMILES string of the molecule is N#CSc1ccc2c(c1)ncn2NC(=O)O. The smallest absolute Gasteiger partial charge is 0.424 e. The molecule has 7 heteroatoms. The van der Waals surface area contributed by atoms with Gasteiger partial charge >= 0.3 is 6.09 Å². The van der Waals surface area contributed by atoms with E-state index < -0.39 is 6.09 Å². The Morgan fingerprint density at radius 1 is 1.62 bits per heavy atom. The van der Waals surface area contributed by atoms with Crippen LogP contribution in [0.4, 0.5) is 4.79 Å². The summed E-state index contributed by atoms with van der Waals surface area (Å²) in [5, 5.41) is 19.0. The largest absolute Gasteiger partial charge is 0.464 e. The molecule has 1 heterocycles. The molecule has 1 aromatic heterocycles. The molecule has 2 N–H and O–H groups in total. The van der Waals surface area contributed by atoms with Crippen molar-refractivity contribution in [1.29, 1.82) is 5.26 Å². The number of aromatic nitrogens is 2. The summed E-state index contributed by atoms with van der Waals surface area (Å²) in [4.78, 5) is 15.3. The third-order valence-corrected chi connectivity index (χ3v) is 2.48. The highest BCUT2D eigenvalue weighted by Crippen LogP contribution is 2.21. The van der Waals surface area contributed by atoms with Crippen LogP contribution in [0.5, 0.6) is 0 Å². The zero-order valence-corrected chi connectivity index (χ0v) is 8.73. The molecule has 80 valence electrons. The van der Waals surface area contributed by atoms with Crippen LogP contribution < -0.4 is 5.43 Å². The topological polar surface area (TPSA) is 90.9 Å². The van der Waals surface area contributed by atoms with Gasteiger partial charge in [0.25, 0.3) is 0 Å². The van der Waals surface area contributed by atoms with E-state index in [9.17, 15) is 4.79 Å². The van der Waals surface area contributed by atoms with E-state index >= 15 is 0 Å². The zero-order chi connectivity index (χ0) is 11.5. The first-order valence-corrected chi connectivity index (χ1v) is 5.05. The van der Waals surface area contributed by atoms with Gasteiger partial charge in [-0.1, -0.05) is 0 Å². The molecule has 0 atom stereocenters. The standard InChI is InChI=1S/C9H6N4O2S/c10-4-16-6-1-2-8-7(3-6)11-5-13(8)12-9(14)15/h1-3,5,12H,(H,14,15). The van der Waals surface area contributed by atoms with Gasteiger partial charge in [-0.15, -0.1) is 0 Å². The van der Waals surface area contributed by atoms with E-state index in [1.54, 1.807) is 18.2 Å². The number of carbonyl (C=O) groups is 1. The van der Waals surface area contributed by atoms with Crippen LogP contribution in [0.2, 0.25) is 0 Å². The summed E-state index contributed by atoms with van der Waals surface area (Å²) >= 11 is 1.03. The lowest BCUT2D eigenvalue weighted by Crippen LogP contribution is -2.19. The molecular formula is C9H6N4O2S. The summed E-state index contributed by atoms with van der Waals surface area (Å²) in [6, 6.07) is 5.17. The molecule has 0 saturated heterocycles. The second kappa shape index (κ2) is 4.12. The van der Waals surface area contributed by atoms with Crippen LogP contribution in [0, 0.1) is 10.7 Å². The van der Waals surface area contributed by atoms with Gasteiger partial charge in [-0.2, -0.15) is 5.26 Å². The van der Waals surface area contributed by atoms with Crippen molar-refractivity contribution in [2.24, 2.45) is 0 Å². The number of nitrogens with one attached hydrogen (secondary N) is 1. The maximum atomic E-state index is 10.5. The molecule has 1 aromatic carbocycles. The van der Waals surface area contributed by atoms with Gasteiger partial charge in [-0.25, -0.2) is 19.9 Å². The van der Waals surface area contributed by atoms with Crippen LogP contribution in [-0.2, 0) is 0 Å². The van der Waals surface area contributed by atoms with Crippen molar-refractivity contribution >= 4 is 28.9 Å². The second-order valence-electron chi connectivity index (χ2n) is 2.88.